The van der Waals surface area contributed by atoms with Gasteiger partial charge in [-0.05, 0) is 45.0 Å². The molecule has 2 nitrogen and oxygen atoms in total. The summed E-state index contributed by atoms with van der Waals surface area (Å²) in [6.45, 7) is 9.20. The average Bonchev–Trinajstić information content (AvgIpc) is 2.76. The Morgan fingerprint density at radius 1 is 1.38 bits per heavy atom. The summed E-state index contributed by atoms with van der Waals surface area (Å²) in [4.78, 5) is 2.56. The van der Waals surface area contributed by atoms with Crippen molar-refractivity contribution in [3.8, 4) is 0 Å². The molecule has 0 aromatic carbocycles. The van der Waals surface area contributed by atoms with Crippen molar-refractivity contribution in [2.24, 2.45) is 5.92 Å². The van der Waals surface area contributed by atoms with Crippen LogP contribution in [0.4, 0.5) is 0 Å². The Hall–Kier alpha value is 0.270. The Bertz CT molecular complexity index is 179. The molecular formula is C13H28N2S. The Morgan fingerprint density at radius 3 is 2.69 bits per heavy atom. The lowest BCUT2D eigenvalue weighted by Crippen LogP contribution is -2.44. The number of nitrogens with one attached hydrogen (secondary N) is 1. The summed E-state index contributed by atoms with van der Waals surface area (Å²) in [6, 6.07) is 1.47. The van der Waals surface area contributed by atoms with Crippen LogP contribution in [-0.4, -0.2) is 48.6 Å². The van der Waals surface area contributed by atoms with E-state index in [0.29, 0.717) is 6.04 Å². The van der Waals surface area contributed by atoms with Gasteiger partial charge in [-0.15, -0.1) is 0 Å². The maximum absolute atomic E-state index is 3.57. The first-order chi connectivity index (χ1) is 7.61. The SMILES string of the molecule is CC(C)CCNCC(C)N(C)C1CCSC1. The van der Waals surface area contributed by atoms with Gasteiger partial charge < -0.3 is 5.32 Å². The maximum atomic E-state index is 3.57. The number of likely N-dealkylation sites (N-methyl/N-ethyl adjacent to an activating group) is 1. The lowest BCUT2D eigenvalue weighted by molar-refractivity contribution is 0.195. The van der Waals surface area contributed by atoms with Gasteiger partial charge in [-0.2, -0.15) is 11.8 Å². The van der Waals surface area contributed by atoms with Gasteiger partial charge in [-0.25, -0.2) is 0 Å². The molecule has 1 fully saturated rings. The molecule has 96 valence electrons. The van der Waals surface area contributed by atoms with Crippen LogP contribution in [0.5, 0.6) is 0 Å². The van der Waals surface area contributed by atoms with E-state index in [4.69, 9.17) is 0 Å². The van der Waals surface area contributed by atoms with Crippen LogP contribution < -0.4 is 5.32 Å². The molecule has 0 radical (unpaired) electrons. The predicted octanol–water partition coefficient (Wildman–Crippen LogP) is 2.45. The van der Waals surface area contributed by atoms with E-state index in [9.17, 15) is 0 Å². The summed E-state index contributed by atoms with van der Waals surface area (Å²) < 4.78 is 0. The summed E-state index contributed by atoms with van der Waals surface area (Å²) in [6.07, 6.45) is 2.66. The van der Waals surface area contributed by atoms with Crippen molar-refractivity contribution in [1.82, 2.24) is 10.2 Å². The van der Waals surface area contributed by atoms with Crippen LogP contribution in [0, 0.1) is 5.92 Å². The van der Waals surface area contributed by atoms with Gasteiger partial charge in [0, 0.05) is 24.4 Å². The van der Waals surface area contributed by atoms with E-state index in [1.165, 1.54) is 24.3 Å². The standard InChI is InChI=1S/C13H28N2S/c1-11(2)5-7-14-9-12(3)15(4)13-6-8-16-10-13/h11-14H,5-10H2,1-4H3. The van der Waals surface area contributed by atoms with Crippen molar-refractivity contribution in [2.45, 2.75) is 45.7 Å². The zero-order valence-electron chi connectivity index (χ0n) is 11.3. The van der Waals surface area contributed by atoms with Gasteiger partial charge in [0.15, 0.2) is 0 Å². The Kier molecular flexibility index (Phi) is 6.78. The van der Waals surface area contributed by atoms with Gasteiger partial charge in [0.2, 0.25) is 0 Å². The third-order valence-electron chi connectivity index (χ3n) is 3.52. The second-order valence-electron chi connectivity index (χ2n) is 5.42. The monoisotopic (exact) mass is 244 g/mol. The lowest BCUT2D eigenvalue weighted by atomic mass is 10.1. The highest BCUT2D eigenvalue weighted by atomic mass is 32.2. The predicted molar refractivity (Wildman–Crippen MR) is 75.3 cm³/mol. The highest BCUT2D eigenvalue weighted by Crippen LogP contribution is 2.22. The van der Waals surface area contributed by atoms with E-state index >= 15 is 0 Å². The number of thioether (sulfide) groups is 1. The Morgan fingerprint density at radius 2 is 2.12 bits per heavy atom. The highest BCUT2D eigenvalue weighted by Gasteiger charge is 2.23. The van der Waals surface area contributed by atoms with Gasteiger partial charge in [0.1, 0.15) is 0 Å². The molecule has 3 heteroatoms. The molecule has 1 saturated heterocycles. The van der Waals surface area contributed by atoms with Gasteiger partial charge in [0.25, 0.3) is 0 Å². The van der Waals surface area contributed by atoms with Crippen molar-refractivity contribution < 1.29 is 0 Å². The van der Waals surface area contributed by atoms with Crippen molar-refractivity contribution in [1.29, 1.82) is 0 Å². The Balaban J connectivity index is 2.10. The molecule has 0 spiro atoms. The minimum atomic E-state index is 0.663. The molecule has 0 aromatic heterocycles. The van der Waals surface area contributed by atoms with E-state index in [1.807, 2.05) is 0 Å². The van der Waals surface area contributed by atoms with Gasteiger partial charge in [-0.1, -0.05) is 13.8 Å². The number of rotatable bonds is 7. The van der Waals surface area contributed by atoms with Crippen LogP contribution in [0.3, 0.4) is 0 Å². The van der Waals surface area contributed by atoms with Crippen molar-refractivity contribution in [3.63, 3.8) is 0 Å². The van der Waals surface area contributed by atoms with E-state index in [-0.39, 0.29) is 0 Å². The first-order valence-corrected chi connectivity index (χ1v) is 7.77. The maximum Gasteiger partial charge on any atom is 0.0194 e. The third kappa shape index (κ3) is 5.07. The molecule has 0 bridgehead atoms. The minimum absolute atomic E-state index is 0.663. The number of nitrogens with zero attached hydrogens (tertiary/aromatic N) is 1. The van der Waals surface area contributed by atoms with Crippen LogP contribution in [0.1, 0.15) is 33.6 Å². The van der Waals surface area contributed by atoms with E-state index in [1.54, 1.807) is 0 Å². The lowest BCUT2D eigenvalue weighted by Gasteiger charge is -2.30. The summed E-state index contributed by atoms with van der Waals surface area (Å²) in [7, 11) is 2.28. The van der Waals surface area contributed by atoms with E-state index in [2.05, 4.69) is 49.8 Å². The molecule has 0 aromatic rings. The largest absolute Gasteiger partial charge is 0.315 e. The molecule has 0 aliphatic carbocycles. The van der Waals surface area contributed by atoms with E-state index in [0.717, 1.165) is 25.0 Å². The van der Waals surface area contributed by atoms with Crippen LogP contribution >= 0.6 is 11.8 Å². The fourth-order valence-corrected chi connectivity index (χ4v) is 3.33. The zero-order chi connectivity index (χ0) is 12.0. The molecule has 1 aliphatic rings. The normalized spacial score (nSPS) is 23.2. The van der Waals surface area contributed by atoms with Gasteiger partial charge in [-0.3, -0.25) is 4.90 Å². The van der Waals surface area contributed by atoms with Crippen LogP contribution in [0.2, 0.25) is 0 Å². The molecule has 1 N–H and O–H groups in total. The molecule has 16 heavy (non-hydrogen) atoms. The summed E-state index contributed by atoms with van der Waals surface area (Å²) >= 11 is 2.10. The topological polar surface area (TPSA) is 15.3 Å². The smallest absolute Gasteiger partial charge is 0.0194 e. The quantitative estimate of drug-likeness (QED) is 0.693. The second kappa shape index (κ2) is 7.57. The van der Waals surface area contributed by atoms with Crippen molar-refractivity contribution in [3.05, 3.63) is 0 Å². The summed E-state index contributed by atoms with van der Waals surface area (Å²) in [5, 5.41) is 3.57. The first-order valence-electron chi connectivity index (χ1n) is 6.61. The number of hydrogen-bond donors (Lipinski definition) is 1. The zero-order valence-corrected chi connectivity index (χ0v) is 12.1. The van der Waals surface area contributed by atoms with Crippen LogP contribution in [-0.2, 0) is 0 Å². The fraction of sp³-hybridized carbons (Fsp3) is 1.00. The van der Waals surface area contributed by atoms with Crippen LogP contribution in [0.15, 0.2) is 0 Å². The second-order valence-corrected chi connectivity index (χ2v) is 6.57. The first kappa shape index (κ1) is 14.3. The number of hydrogen-bond acceptors (Lipinski definition) is 3. The van der Waals surface area contributed by atoms with Crippen molar-refractivity contribution >= 4 is 11.8 Å². The Labute approximate surface area is 106 Å². The molecule has 2 unspecified atom stereocenters. The average molecular weight is 244 g/mol. The van der Waals surface area contributed by atoms with Gasteiger partial charge >= 0.3 is 0 Å². The third-order valence-corrected chi connectivity index (χ3v) is 4.66. The van der Waals surface area contributed by atoms with Gasteiger partial charge in [0.05, 0.1) is 0 Å². The molecule has 2 atom stereocenters. The molecule has 1 heterocycles. The summed E-state index contributed by atoms with van der Waals surface area (Å²) in [5.74, 6) is 3.49. The molecule has 1 aliphatic heterocycles. The molecular weight excluding hydrogens is 216 g/mol. The highest BCUT2D eigenvalue weighted by molar-refractivity contribution is 7.99. The molecule has 1 rings (SSSR count). The fourth-order valence-electron chi connectivity index (χ4n) is 2.05. The van der Waals surface area contributed by atoms with Crippen molar-refractivity contribution in [2.75, 3.05) is 31.6 Å². The minimum Gasteiger partial charge on any atom is -0.315 e. The molecule has 0 saturated carbocycles. The van der Waals surface area contributed by atoms with Crippen LogP contribution in [0.25, 0.3) is 0 Å². The van der Waals surface area contributed by atoms with E-state index < -0.39 is 0 Å². The molecule has 0 amide bonds. The summed E-state index contributed by atoms with van der Waals surface area (Å²) in [5.41, 5.74) is 0.